The summed E-state index contributed by atoms with van der Waals surface area (Å²) in [5, 5.41) is 0. The first kappa shape index (κ1) is 45.3. The number of hydrogen-bond acceptors (Lipinski definition) is 1. The van der Waals surface area contributed by atoms with E-state index in [1.54, 1.807) is 0 Å². The van der Waals surface area contributed by atoms with E-state index in [-0.39, 0.29) is 24.3 Å². The molecular weight excluding hydrogens is 800 g/mol. The molecule has 0 amide bonds. The van der Waals surface area contributed by atoms with Crippen molar-refractivity contribution in [1.29, 1.82) is 0 Å². The van der Waals surface area contributed by atoms with Crippen molar-refractivity contribution in [2.75, 3.05) is 0 Å². The first-order valence-corrected chi connectivity index (χ1v) is 17.3. The van der Waals surface area contributed by atoms with Crippen LogP contribution < -0.4 is 4.74 Å². The lowest BCUT2D eigenvalue weighted by molar-refractivity contribution is -0.374. The van der Waals surface area contributed by atoms with E-state index in [2.05, 4.69) is 0 Å². The normalized spacial score (nSPS) is 13.9. The number of ether oxygens (including phenoxy) is 1. The summed E-state index contributed by atoms with van der Waals surface area (Å²) in [7, 11) is 0. The summed E-state index contributed by atoms with van der Waals surface area (Å²) in [5.74, 6) is -51.3. The first-order valence-electron chi connectivity index (χ1n) is 17.3. The molecule has 0 heterocycles. The Balaban J connectivity index is 1.51. The number of halogens is 16. The fourth-order valence-electron chi connectivity index (χ4n) is 5.64. The molecule has 4 aromatic carbocycles. The van der Waals surface area contributed by atoms with E-state index >= 15 is 0 Å². The summed E-state index contributed by atoms with van der Waals surface area (Å²) in [5.41, 5.74) is -6.22. The highest BCUT2D eigenvalue weighted by Crippen LogP contribution is 2.60. The molecular formula is C40H34F16O. The van der Waals surface area contributed by atoms with Gasteiger partial charge in [-0.1, -0.05) is 75.2 Å². The Hall–Kier alpha value is -4.44. The molecule has 0 saturated heterocycles. The van der Waals surface area contributed by atoms with Crippen LogP contribution in [0.25, 0.3) is 0 Å². The first-order chi connectivity index (χ1) is 26.2. The summed E-state index contributed by atoms with van der Waals surface area (Å²) < 4.78 is 243. The lowest BCUT2D eigenvalue weighted by Gasteiger charge is -2.37. The number of benzene rings is 4. The van der Waals surface area contributed by atoms with Crippen LogP contribution in [0.15, 0.2) is 97.1 Å². The molecule has 0 fully saturated rings. The molecule has 0 atom stereocenters. The molecule has 4 aromatic rings. The van der Waals surface area contributed by atoms with E-state index in [4.69, 9.17) is 4.74 Å². The molecule has 0 bridgehead atoms. The number of hydrogen-bond donors (Lipinski definition) is 0. The lowest BCUT2D eigenvalue weighted by Crippen LogP contribution is -2.59. The van der Waals surface area contributed by atoms with Crippen LogP contribution in [-0.4, -0.2) is 23.7 Å². The van der Waals surface area contributed by atoms with Crippen LogP contribution in [0, 0.1) is 0 Å². The largest absolute Gasteiger partial charge is 0.457 e. The van der Waals surface area contributed by atoms with Gasteiger partial charge in [0, 0.05) is 22.3 Å². The van der Waals surface area contributed by atoms with Gasteiger partial charge in [-0.25, -0.2) is 0 Å². The maximum absolute atomic E-state index is 15.0. The standard InChI is InChI=1S/C40H34F16O/c1-3-5-7-25-9-13-27(14-10-25)33(41,42)37(49,50)39(53,54)35(45,46)29-17-21-31(22-18-29)57-32-23-19-30(20-24-32)36(47,48)40(55,56)38(51,52)34(43,44)28-15-11-26(12-16-28)8-6-4-2/h9-24H,3-8H2,1-2H3. The molecule has 312 valence electrons. The van der Waals surface area contributed by atoms with Crippen molar-refractivity contribution < 1.29 is 75.0 Å². The minimum Gasteiger partial charge on any atom is -0.457 e. The molecule has 0 unspecified atom stereocenters. The van der Waals surface area contributed by atoms with Gasteiger partial charge in [-0.3, -0.25) is 0 Å². The average molecular weight is 835 g/mol. The Morgan fingerprint density at radius 1 is 0.333 bits per heavy atom. The van der Waals surface area contributed by atoms with Crippen LogP contribution in [0.2, 0.25) is 0 Å². The molecule has 0 aromatic heterocycles. The summed E-state index contributed by atoms with van der Waals surface area (Å²) in [4.78, 5) is 0. The summed E-state index contributed by atoms with van der Waals surface area (Å²) in [6, 6.07) is 7.89. The number of unbranched alkanes of at least 4 members (excludes halogenated alkanes) is 2. The van der Waals surface area contributed by atoms with E-state index in [0.29, 0.717) is 98.2 Å². The van der Waals surface area contributed by atoms with Gasteiger partial charge in [-0.05, 0) is 85.3 Å². The SMILES string of the molecule is CCCCc1ccc(C(F)(F)C(F)(F)C(F)(F)C(F)(F)c2ccc(Oc3ccc(C(F)(F)C(F)(F)C(F)(F)C(F)(F)c4ccc(CCCC)cc4)cc3)cc2)cc1. The molecule has 0 aliphatic rings. The zero-order valence-electron chi connectivity index (χ0n) is 29.9. The zero-order valence-corrected chi connectivity index (χ0v) is 29.9. The number of alkyl halides is 16. The molecule has 0 spiro atoms. The maximum atomic E-state index is 15.0. The van der Waals surface area contributed by atoms with Crippen LogP contribution >= 0.6 is 0 Å². The van der Waals surface area contributed by atoms with Gasteiger partial charge in [-0.2, -0.15) is 70.2 Å². The van der Waals surface area contributed by atoms with Gasteiger partial charge in [0.2, 0.25) is 0 Å². The topological polar surface area (TPSA) is 9.23 Å². The second-order valence-electron chi connectivity index (χ2n) is 13.3. The second kappa shape index (κ2) is 16.1. The Morgan fingerprint density at radius 2 is 0.544 bits per heavy atom. The Bertz CT molecular complexity index is 1780. The maximum Gasteiger partial charge on any atom is 0.382 e. The fourth-order valence-corrected chi connectivity index (χ4v) is 5.64. The van der Waals surface area contributed by atoms with E-state index in [1.807, 2.05) is 13.8 Å². The predicted octanol–water partition coefficient (Wildman–Crippen LogP) is 14.5. The monoisotopic (exact) mass is 834 g/mol. The van der Waals surface area contributed by atoms with E-state index in [0.717, 1.165) is 24.3 Å². The molecule has 0 radical (unpaired) electrons. The Labute approximate surface area is 316 Å². The molecule has 1 nitrogen and oxygen atoms in total. The highest BCUT2D eigenvalue weighted by molar-refractivity contribution is 5.39. The molecule has 0 aliphatic carbocycles. The van der Waals surface area contributed by atoms with Gasteiger partial charge < -0.3 is 4.74 Å². The van der Waals surface area contributed by atoms with E-state index in [1.165, 1.54) is 0 Å². The van der Waals surface area contributed by atoms with Crippen molar-refractivity contribution in [2.45, 2.75) is 99.8 Å². The van der Waals surface area contributed by atoms with Crippen molar-refractivity contribution >= 4 is 0 Å². The summed E-state index contributed by atoms with van der Waals surface area (Å²) in [6.07, 6.45) is 3.29. The Kier molecular flexibility index (Phi) is 12.8. The molecule has 0 saturated carbocycles. The minimum atomic E-state index is -6.70. The Morgan fingerprint density at radius 3 is 0.754 bits per heavy atom. The van der Waals surface area contributed by atoms with Crippen LogP contribution in [0.5, 0.6) is 11.5 Å². The van der Waals surface area contributed by atoms with Crippen molar-refractivity contribution in [3.8, 4) is 11.5 Å². The second-order valence-corrected chi connectivity index (χ2v) is 13.3. The molecule has 0 aliphatic heterocycles. The third-order valence-corrected chi connectivity index (χ3v) is 9.31. The summed E-state index contributed by atoms with van der Waals surface area (Å²) >= 11 is 0. The van der Waals surface area contributed by atoms with Gasteiger partial charge in [0.15, 0.2) is 0 Å². The third-order valence-electron chi connectivity index (χ3n) is 9.31. The van der Waals surface area contributed by atoms with Crippen LogP contribution in [-0.2, 0) is 36.5 Å². The smallest absolute Gasteiger partial charge is 0.382 e. The third kappa shape index (κ3) is 8.03. The zero-order chi connectivity index (χ0) is 42.9. The molecule has 0 N–H and O–H groups in total. The summed E-state index contributed by atoms with van der Waals surface area (Å²) in [6.45, 7) is 3.62. The van der Waals surface area contributed by atoms with Crippen LogP contribution in [0.1, 0.15) is 72.9 Å². The fraction of sp³-hybridized carbons (Fsp3) is 0.400. The van der Waals surface area contributed by atoms with Gasteiger partial charge in [-0.15, -0.1) is 0 Å². The van der Waals surface area contributed by atoms with Crippen LogP contribution in [0.4, 0.5) is 70.2 Å². The van der Waals surface area contributed by atoms with Crippen molar-refractivity contribution in [3.63, 3.8) is 0 Å². The van der Waals surface area contributed by atoms with Gasteiger partial charge in [0.1, 0.15) is 11.5 Å². The molecule has 57 heavy (non-hydrogen) atoms. The molecule has 4 rings (SSSR count). The number of aryl methyl sites for hydroxylation is 2. The van der Waals surface area contributed by atoms with E-state index < -0.39 is 81.1 Å². The molecule has 17 heteroatoms. The van der Waals surface area contributed by atoms with Crippen molar-refractivity contribution in [3.05, 3.63) is 130 Å². The quantitative estimate of drug-likeness (QED) is 0.0908. The average Bonchev–Trinajstić information content (AvgIpc) is 3.16. The lowest BCUT2D eigenvalue weighted by atomic mass is 9.90. The van der Waals surface area contributed by atoms with Crippen LogP contribution in [0.3, 0.4) is 0 Å². The van der Waals surface area contributed by atoms with Crippen molar-refractivity contribution in [2.24, 2.45) is 0 Å². The highest BCUT2D eigenvalue weighted by Gasteiger charge is 2.82. The van der Waals surface area contributed by atoms with Gasteiger partial charge >= 0.3 is 47.4 Å². The van der Waals surface area contributed by atoms with E-state index in [9.17, 15) is 70.2 Å². The van der Waals surface area contributed by atoms with Crippen molar-refractivity contribution in [1.82, 2.24) is 0 Å². The predicted molar refractivity (Wildman–Crippen MR) is 178 cm³/mol. The number of rotatable bonds is 18. The van der Waals surface area contributed by atoms with Gasteiger partial charge in [0.05, 0.1) is 0 Å². The van der Waals surface area contributed by atoms with Gasteiger partial charge in [0.25, 0.3) is 0 Å². The highest BCUT2D eigenvalue weighted by atomic mass is 19.4. The minimum absolute atomic E-state index is 0.101.